The summed E-state index contributed by atoms with van der Waals surface area (Å²) < 4.78 is 10.9. The van der Waals surface area contributed by atoms with Crippen LogP contribution in [0.4, 0.5) is 0 Å². The highest BCUT2D eigenvalue weighted by molar-refractivity contribution is 5.81. The van der Waals surface area contributed by atoms with Crippen molar-refractivity contribution in [3.05, 3.63) is 24.6 Å². The molecule has 1 aliphatic rings. The molecule has 0 saturated carbocycles. The van der Waals surface area contributed by atoms with E-state index in [0.29, 0.717) is 5.88 Å². The van der Waals surface area contributed by atoms with Crippen LogP contribution in [0.3, 0.4) is 0 Å². The number of hydrogen-bond donors (Lipinski definition) is 1. The van der Waals surface area contributed by atoms with Gasteiger partial charge in [-0.1, -0.05) is 0 Å². The quantitative estimate of drug-likeness (QED) is 0.772. The largest absolute Gasteiger partial charge is 0.471 e. The van der Waals surface area contributed by atoms with Crippen LogP contribution in [-0.4, -0.2) is 24.2 Å². The number of furan rings is 1. The van der Waals surface area contributed by atoms with Gasteiger partial charge in [0.2, 0.25) is 5.88 Å². The van der Waals surface area contributed by atoms with Gasteiger partial charge in [0.1, 0.15) is 11.7 Å². The highest BCUT2D eigenvalue weighted by Gasteiger charge is 2.20. The van der Waals surface area contributed by atoms with Crippen LogP contribution in [-0.2, 0) is 0 Å². The van der Waals surface area contributed by atoms with Crippen LogP contribution in [0.1, 0.15) is 0 Å². The van der Waals surface area contributed by atoms with Crippen LogP contribution >= 0.6 is 0 Å². The molecule has 3 heterocycles. The summed E-state index contributed by atoms with van der Waals surface area (Å²) in [7, 11) is 0. The smallest absolute Gasteiger partial charge is 0.225 e. The molecule has 4 heteroatoms. The molecule has 1 fully saturated rings. The predicted octanol–water partition coefficient (Wildman–Crippen LogP) is 1.18. The molecule has 14 heavy (non-hydrogen) atoms. The number of fused-ring (bicyclic) bond motifs is 1. The highest BCUT2D eigenvalue weighted by atomic mass is 16.5. The Morgan fingerprint density at radius 1 is 1.43 bits per heavy atom. The van der Waals surface area contributed by atoms with E-state index in [0.717, 1.165) is 24.1 Å². The minimum atomic E-state index is 0.253. The Kier molecular flexibility index (Phi) is 1.67. The lowest BCUT2D eigenvalue weighted by Crippen LogP contribution is -2.50. The second-order valence-electron chi connectivity index (χ2n) is 3.35. The van der Waals surface area contributed by atoms with Gasteiger partial charge in [0.05, 0.1) is 11.6 Å². The molecule has 0 spiro atoms. The molecule has 4 nitrogen and oxygen atoms in total. The minimum absolute atomic E-state index is 0.253. The molecule has 0 atom stereocenters. The van der Waals surface area contributed by atoms with Gasteiger partial charge in [-0.05, 0) is 12.1 Å². The summed E-state index contributed by atoms with van der Waals surface area (Å²) in [6, 6.07) is 3.71. The SMILES string of the molecule is c1cc2occc2c(OC2CNC2)n1. The molecule has 2 aromatic heterocycles. The van der Waals surface area contributed by atoms with Gasteiger partial charge in [-0.2, -0.15) is 0 Å². The van der Waals surface area contributed by atoms with E-state index in [4.69, 9.17) is 9.15 Å². The molecule has 0 aliphatic carbocycles. The van der Waals surface area contributed by atoms with Crippen molar-refractivity contribution in [3.63, 3.8) is 0 Å². The summed E-state index contributed by atoms with van der Waals surface area (Å²) in [5.74, 6) is 0.669. The molecule has 2 aromatic rings. The fourth-order valence-electron chi connectivity index (χ4n) is 1.47. The molecule has 1 aliphatic heterocycles. The van der Waals surface area contributed by atoms with Crippen LogP contribution < -0.4 is 10.1 Å². The maximum absolute atomic E-state index is 5.69. The third kappa shape index (κ3) is 1.15. The summed E-state index contributed by atoms with van der Waals surface area (Å²) in [4.78, 5) is 4.19. The van der Waals surface area contributed by atoms with Crippen LogP contribution in [0.5, 0.6) is 5.88 Å². The highest BCUT2D eigenvalue weighted by Crippen LogP contribution is 2.24. The van der Waals surface area contributed by atoms with Gasteiger partial charge in [-0.3, -0.25) is 0 Å². The Balaban J connectivity index is 1.97. The van der Waals surface area contributed by atoms with Crippen molar-refractivity contribution < 1.29 is 9.15 Å². The van der Waals surface area contributed by atoms with Gasteiger partial charge in [0, 0.05) is 19.3 Å². The molecule has 0 amide bonds. The van der Waals surface area contributed by atoms with Crippen molar-refractivity contribution in [2.24, 2.45) is 0 Å². The summed E-state index contributed by atoms with van der Waals surface area (Å²) in [6.45, 7) is 1.80. The van der Waals surface area contributed by atoms with Gasteiger partial charge in [0.25, 0.3) is 0 Å². The van der Waals surface area contributed by atoms with Crippen LogP contribution in [0, 0.1) is 0 Å². The number of nitrogens with one attached hydrogen (secondary N) is 1. The second-order valence-corrected chi connectivity index (χ2v) is 3.35. The molecule has 72 valence electrons. The molecule has 1 N–H and O–H groups in total. The standard InChI is InChI=1S/C10H10N2O2/c1-3-12-10(14-7-5-11-6-7)8-2-4-13-9(1)8/h1-4,7,11H,5-6H2. The van der Waals surface area contributed by atoms with E-state index in [1.54, 1.807) is 12.5 Å². The Hall–Kier alpha value is -1.55. The van der Waals surface area contributed by atoms with Crippen molar-refractivity contribution in [2.45, 2.75) is 6.10 Å². The molecule has 0 radical (unpaired) electrons. The Bertz CT molecular complexity index is 448. The molecule has 0 unspecified atom stereocenters. The van der Waals surface area contributed by atoms with Crippen LogP contribution in [0.25, 0.3) is 11.0 Å². The second kappa shape index (κ2) is 2.99. The molecule has 0 bridgehead atoms. The fraction of sp³-hybridized carbons (Fsp3) is 0.300. The first-order valence-corrected chi connectivity index (χ1v) is 4.63. The lowest BCUT2D eigenvalue weighted by Gasteiger charge is -2.27. The Morgan fingerprint density at radius 2 is 2.36 bits per heavy atom. The lowest BCUT2D eigenvalue weighted by molar-refractivity contribution is 0.138. The Labute approximate surface area is 80.9 Å². The average molecular weight is 190 g/mol. The van der Waals surface area contributed by atoms with E-state index < -0.39 is 0 Å². The van der Waals surface area contributed by atoms with E-state index in [1.165, 1.54) is 0 Å². The first-order valence-electron chi connectivity index (χ1n) is 4.63. The number of pyridine rings is 1. The van der Waals surface area contributed by atoms with Crippen molar-refractivity contribution in [2.75, 3.05) is 13.1 Å². The van der Waals surface area contributed by atoms with Gasteiger partial charge >= 0.3 is 0 Å². The first kappa shape index (κ1) is 7.82. The molecular formula is C10H10N2O2. The van der Waals surface area contributed by atoms with E-state index in [2.05, 4.69) is 10.3 Å². The van der Waals surface area contributed by atoms with Gasteiger partial charge < -0.3 is 14.5 Å². The average Bonchev–Trinajstić information content (AvgIpc) is 2.59. The maximum atomic E-state index is 5.69. The molecule has 3 rings (SSSR count). The van der Waals surface area contributed by atoms with E-state index in [-0.39, 0.29) is 6.10 Å². The fourth-order valence-corrected chi connectivity index (χ4v) is 1.47. The predicted molar refractivity (Wildman–Crippen MR) is 51.3 cm³/mol. The summed E-state index contributed by atoms with van der Waals surface area (Å²) >= 11 is 0. The number of ether oxygens (including phenoxy) is 1. The van der Waals surface area contributed by atoms with Crippen molar-refractivity contribution in [1.29, 1.82) is 0 Å². The van der Waals surface area contributed by atoms with E-state index in [9.17, 15) is 0 Å². The monoisotopic (exact) mass is 190 g/mol. The number of aromatic nitrogens is 1. The topological polar surface area (TPSA) is 47.3 Å². The third-order valence-electron chi connectivity index (χ3n) is 2.37. The number of hydrogen-bond acceptors (Lipinski definition) is 4. The molecular weight excluding hydrogens is 180 g/mol. The van der Waals surface area contributed by atoms with Crippen LogP contribution in [0.2, 0.25) is 0 Å². The number of nitrogens with zero attached hydrogens (tertiary/aromatic N) is 1. The van der Waals surface area contributed by atoms with Crippen LogP contribution in [0.15, 0.2) is 29.0 Å². The normalized spacial score (nSPS) is 16.9. The molecule has 0 aromatic carbocycles. The summed E-state index contributed by atoms with van der Waals surface area (Å²) in [6.07, 6.45) is 3.61. The van der Waals surface area contributed by atoms with Crippen molar-refractivity contribution >= 4 is 11.0 Å². The molecule has 1 saturated heterocycles. The maximum Gasteiger partial charge on any atom is 0.225 e. The van der Waals surface area contributed by atoms with E-state index in [1.807, 2.05) is 12.1 Å². The lowest BCUT2D eigenvalue weighted by atomic mass is 10.2. The number of rotatable bonds is 2. The zero-order valence-electron chi connectivity index (χ0n) is 7.56. The minimum Gasteiger partial charge on any atom is -0.471 e. The van der Waals surface area contributed by atoms with Gasteiger partial charge in [0.15, 0.2) is 0 Å². The first-order chi connectivity index (χ1) is 6.93. The Morgan fingerprint density at radius 3 is 3.14 bits per heavy atom. The van der Waals surface area contributed by atoms with Crippen molar-refractivity contribution in [1.82, 2.24) is 10.3 Å². The third-order valence-corrected chi connectivity index (χ3v) is 2.37. The van der Waals surface area contributed by atoms with Crippen molar-refractivity contribution in [3.8, 4) is 5.88 Å². The summed E-state index contributed by atoms with van der Waals surface area (Å²) in [5, 5.41) is 4.09. The van der Waals surface area contributed by atoms with Gasteiger partial charge in [-0.25, -0.2) is 4.98 Å². The summed E-state index contributed by atoms with van der Waals surface area (Å²) in [5.41, 5.74) is 0.822. The van der Waals surface area contributed by atoms with E-state index >= 15 is 0 Å². The zero-order valence-corrected chi connectivity index (χ0v) is 7.56. The van der Waals surface area contributed by atoms with Gasteiger partial charge in [-0.15, -0.1) is 0 Å². The zero-order chi connectivity index (χ0) is 9.38.